The largest absolute Gasteiger partial charge is 0.484 e. The molecule has 0 aliphatic heterocycles. The normalized spacial score (nSPS) is 11.6. The summed E-state index contributed by atoms with van der Waals surface area (Å²) in [6, 6.07) is 4.15. The van der Waals surface area contributed by atoms with Gasteiger partial charge in [0, 0.05) is 23.9 Å². The summed E-state index contributed by atoms with van der Waals surface area (Å²) in [6.45, 7) is 0.160. The van der Waals surface area contributed by atoms with Crippen LogP contribution in [-0.4, -0.2) is 18.2 Å². The molecular formula is C11H9Cl3N2O3S. The molecule has 2 rings (SSSR count). The van der Waals surface area contributed by atoms with Gasteiger partial charge in [-0.3, -0.25) is 4.68 Å². The fourth-order valence-electron chi connectivity index (χ4n) is 1.50. The van der Waals surface area contributed by atoms with E-state index in [-0.39, 0.29) is 27.3 Å². The van der Waals surface area contributed by atoms with Crippen molar-refractivity contribution in [3.8, 4) is 5.75 Å². The van der Waals surface area contributed by atoms with Crippen molar-refractivity contribution in [2.45, 2.75) is 11.5 Å². The Labute approximate surface area is 130 Å². The van der Waals surface area contributed by atoms with Crippen LogP contribution in [0.4, 0.5) is 0 Å². The van der Waals surface area contributed by atoms with Crippen molar-refractivity contribution in [2.75, 3.05) is 0 Å². The third kappa shape index (κ3) is 3.58. The van der Waals surface area contributed by atoms with Crippen LogP contribution in [0.1, 0.15) is 5.69 Å². The Bertz CT molecular complexity index is 720. The van der Waals surface area contributed by atoms with Gasteiger partial charge in [0.1, 0.15) is 6.61 Å². The van der Waals surface area contributed by atoms with Crippen LogP contribution in [0.3, 0.4) is 0 Å². The molecule has 0 atom stereocenters. The van der Waals surface area contributed by atoms with Gasteiger partial charge in [0.2, 0.25) is 0 Å². The van der Waals surface area contributed by atoms with Gasteiger partial charge in [0.15, 0.2) is 5.75 Å². The number of halogens is 3. The Morgan fingerprint density at radius 3 is 2.35 bits per heavy atom. The van der Waals surface area contributed by atoms with E-state index in [9.17, 15) is 8.42 Å². The van der Waals surface area contributed by atoms with E-state index in [2.05, 4.69) is 5.10 Å². The highest BCUT2D eigenvalue weighted by atomic mass is 35.7. The molecule has 1 aromatic carbocycles. The van der Waals surface area contributed by atoms with Crippen molar-refractivity contribution < 1.29 is 13.2 Å². The van der Waals surface area contributed by atoms with E-state index in [0.29, 0.717) is 5.69 Å². The number of hydrogen-bond donors (Lipinski definition) is 0. The molecule has 1 aromatic heterocycles. The number of aryl methyl sites for hydroxylation is 1. The topological polar surface area (TPSA) is 61.2 Å². The standard InChI is InChI=1S/C11H9Cl3N2O3S/c1-16-3-2-7(15-16)6-19-11-9(12)4-8(5-10(11)13)20(14,17)18/h2-5H,6H2,1H3. The predicted octanol–water partition coefficient (Wildman–Crippen LogP) is 3.23. The maximum atomic E-state index is 11.2. The van der Waals surface area contributed by atoms with E-state index in [0.717, 1.165) is 0 Å². The summed E-state index contributed by atoms with van der Waals surface area (Å²) in [4.78, 5) is -0.181. The lowest BCUT2D eigenvalue weighted by atomic mass is 10.3. The first-order chi connectivity index (χ1) is 9.27. The second-order valence-corrected chi connectivity index (χ2v) is 7.30. The summed E-state index contributed by atoms with van der Waals surface area (Å²) >= 11 is 11.9. The minimum absolute atomic E-state index is 0.0626. The maximum absolute atomic E-state index is 11.2. The minimum atomic E-state index is -3.90. The number of aromatic nitrogens is 2. The third-order valence-electron chi connectivity index (χ3n) is 2.39. The molecule has 0 spiro atoms. The van der Waals surface area contributed by atoms with Gasteiger partial charge in [-0.2, -0.15) is 5.10 Å². The Hall–Kier alpha value is -0.950. The van der Waals surface area contributed by atoms with Crippen LogP contribution >= 0.6 is 33.9 Å². The molecule has 0 saturated heterocycles. The van der Waals surface area contributed by atoms with Gasteiger partial charge in [0.05, 0.1) is 20.6 Å². The molecule has 108 valence electrons. The molecule has 0 fully saturated rings. The molecule has 0 aliphatic carbocycles. The van der Waals surface area contributed by atoms with Crippen LogP contribution < -0.4 is 4.74 Å². The average molecular weight is 356 g/mol. The summed E-state index contributed by atoms with van der Waals surface area (Å²) in [5.41, 5.74) is 0.689. The second-order valence-electron chi connectivity index (χ2n) is 3.92. The predicted molar refractivity (Wildman–Crippen MR) is 77.0 cm³/mol. The lowest BCUT2D eigenvalue weighted by molar-refractivity contribution is 0.300. The molecule has 20 heavy (non-hydrogen) atoms. The summed E-state index contributed by atoms with van der Waals surface area (Å²) < 4.78 is 29.5. The van der Waals surface area contributed by atoms with E-state index >= 15 is 0 Å². The first-order valence-corrected chi connectivity index (χ1v) is 8.39. The summed E-state index contributed by atoms with van der Waals surface area (Å²) in [5, 5.41) is 4.26. The SMILES string of the molecule is Cn1ccc(COc2c(Cl)cc(S(=O)(=O)Cl)cc2Cl)n1. The molecule has 0 radical (unpaired) electrons. The highest BCUT2D eigenvalue weighted by Gasteiger charge is 2.17. The Balaban J connectivity index is 2.25. The van der Waals surface area contributed by atoms with Crippen LogP contribution in [0.5, 0.6) is 5.75 Å². The first kappa shape index (κ1) is 15.4. The van der Waals surface area contributed by atoms with Crippen LogP contribution in [0.2, 0.25) is 10.0 Å². The van der Waals surface area contributed by atoms with Crippen LogP contribution in [0.25, 0.3) is 0 Å². The third-order valence-corrected chi connectivity index (χ3v) is 4.28. The maximum Gasteiger partial charge on any atom is 0.261 e. The molecule has 0 unspecified atom stereocenters. The van der Waals surface area contributed by atoms with Gasteiger partial charge < -0.3 is 4.74 Å². The van der Waals surface area contributed by atoms with Gasteiger partial charge >= 0.3 is 0 Å². The highest BCUT2D eigenvalue weighted by Crippen LogP contribution is 2.36. The zero-order valence-corrected chi connectivity index (χ0v) is 13.3. The zero-order chi connectivity index (χ0) is 14.9. The Morgan fingerprint density at radius 2 is 1.90 bits per heavy atom. The summed E-state index contributed by atoms with van der Waals surface area (Å²) in [7, 11) is 3.12. The van der Waals surface area contributed by atoms with E-state index < -0.39 is 9.05 Å². The fourth-order valence-corrected chi connectivity index (χ4v) is 3.01. The number of rotatable bonds is 4. The molecule has 0 aliphatic rings. The molecule has 0 N–H and O–H groups in total. The average Bonchev–Trinajstić information content (AvgIpc) is 2.72. The van der Waals surface area contributed by atoms with E-state index in [1.54, 1.807) is 24.0 Å². The second kappa shape index (κ2) is 5.81. The monoisotopic (exact) mass is 354 g/mol. The molecule has 2 aromatic rings. The first-order valence-electron chi connectivity index (χ1n) is 5.32. The van der Waals surface area contributed by atoms with Gasteiger partial charge in [-0.1, -0.05) is 23.2 Å². The highest BCUT2D eigenvalue weighted by molar-refractivity contribution is 8.13. The number of hydrogen-bond acceptors (Lipinski definition) is 4. The van der Waals surface area contributed by atoms with E-state index in [1.165, 1.54) is 12.1 Å². The molecule has 0 bridgehead atoms. The summed E-state index contributed by atoms with van der Waals surface area (Å²) in [6.07, 6.45) is 1.77. The van der Waals surface area contributed by atoms with Crippen molar-refractivity contribution in [3.63, 3.8) is 0 Å². The Kier molecular flexibility index (Phi) is 4.49. The van der Waals surface area contributed by atoms with Crippen molar-refractivity contribution in [2.24, 2.45) is 7.05 Å². The molecule has 1 heterocycles. The quantitative estimate of drug-likeness (QED) is 0.790. The Morgan fingerprint density at radius 1 is 1.30 bits per heavy atom. The number of nitrogens with zero attached hydrogens (tertiary/aromatic N) is 2. The molecule has 0 saturated carbocycles. The van der Waals surface area contributed by atoms with Crippen molar-refractivity contribution in [3.05, 3.63) is 40.1 Å². The van der Waals surface area contributed by atoms with E-state index in [1.807, 2.05) is 0 Å². The van der Waals surface area contributed by atoms with Gasteiger partial charge in [-0.05, 0) is 18.2 Å². The van der Waals surface area contributed by atoms with Crippen molar-refractivity contribution in [1.82, 2.24) is 9.78 Å². The number of benzene rings is 1. The lowest BCUT2D eigenvalue weighted by Crippen LogP contribution is -2.00. The van der Waals surface area contributed by atoms with Gasteiger partial charge in [-0.25, -0.2) is 8.42 Å². The van der Waals surface area contributed by atoms with Crippen LogP contribution in [0.15, 0.2) is 29.3 Å². The fraction of sp³-hybridized carbons (Fsp3) is 0.182. The lowest BCUT2D eigenvalue weighted by Gasteiger charge is -2.09. The van der Waals surface area contributed by atoms with Crippen LogP contribution in [0, 0.1) is 0 Å². The molecule has 9 heteroatoms. The number of ether oxygens (including phenoxy) is 1. The van der Waals surface area contributed by atoms with E-state index in [4.69, 9.17) is 38.6 Å². The van der Waals surface area contributed by atoms with Crippen LogP contribution in [-0.2, 0) is 22.7 Å². The molecule has 0 amide bonds. The smallest absolute Gasteiger partial charge is 0.261 e. The minimum Gasteiger partial charge on any atom is -0.484 e. The van der Waals surface area contributed by atoms with Crippen molar-refractivity contribution in [1.29, 1.82) is 0 Å². The van der Waals surface area contributed by atoms with Gasteiger partial charge in [-0.15, -0.1) is 0 Å². The summed E-state index contributed by atoms with van der Waals surface area (Å²) in [5.74, 6) is 0.183. The van der Waals surface area contributed by atoms with Gasteiger partial charge in [0.25, 0.3) is 9.05 Å². The molecule has 5 nitrogen and oxygen atoms in total. The zero-order valence-electron chi connectivity index (χ0n) is 10.2. The van der Waals surface area contributed by atoms with Crippen molar-refractivity contribution >= 4 is 42.9 Å². The molecular weight excluding hydrogens is 347 g/mol.